The molecular weight excluding hydrogens is 402 g/mol. The number of hydrogen-bond donors (Lipinski definition) is 1. The third-order valence-electron chi connectivity index (χ3n) is 4.67. The summed E-state index contributed by atoms with van der Waals surface area (Å²) < 4.78 is 8.15. The molecule has 0 spiro atoms. The van der Waals surface area contributed by atoms with Gasteiger partial charge < -0.3 is 10.1 Å². The number of carbonyl (C=O) groups is 1. The molecule has 4 aromatic rings. The SMILES string of the molecule is COc1cccc(Cn2c(=O)c3sccc3n(CC(=O)Nc3ccccc3)c2=O)c1. The summed E-state index contributed by atoms with van der Waals surface area (Å²) in [6.07, 6.45) is 0. The number of rotatable bonds is 6. The number of aromatic nitrogens is 2. The van der Waals surface area contributed by atoms with Crippen molar-refractivity contribution in [2.45, 2.75) is 13.1 Å². The number of para-hydroxylation sites is 1. The summed E-state index contributed by atoms with van der Waals surface area (Å²) in [5.41, 5.74) is 0.955. The minimum atomic E-state index is -0.531. The van der Waals surface area contributed by atoms with Crippen LogP contribution in [0.25, 0.3) is 10.2 Å². The van der Waals surface area contributed by atoms with Crippen LogP contribution in [0, 0.1) is 0 Å². The van der Waals surface area contributed by atoms with Crippen LogP contribution in [0.5, 0.6) is 5.75 Å². The molecule has 2 aromatic heterocycles. The summed E-state index contributed by atoms with van der Waals surface area (Å²) >= 11 is 1.25. The first-order valence-corrected chi connectivity index (χ1v) is 10.1. The fraction of sp³-hybridized carbons (Fsp3) is 0.136. The Hall–Kier alpha value is -3.65. The zero-order chi connectivity index (χ0) is 21.1. The Bertz CT molecular complexity index is 1320. The molecule has 8 heteroatoms. The van der Waals surface area contributed by atoms with E-state index in [2.05, 4.69) is 5.32 Å². The Kier molecular flexibility index (Phi) is 5.49. The van der Waals surface area contributed by atoms with Gasteiger partial charge in [-0.25, -0.2) is 4.79 Å². The Morgan fingerprint density at radius 2 is 1.83 bits per heavy atom. The summed E-state index contributed by atoms with van der Waals surface area (Å²) in [6, 6.07) is 17.9. The third-order valence-corrected chi connectivity index (χ3v) is 5.56. The van der Waals surface area contributed by atoms with Gasteiger partial charge in [-0.05, 0) is 41.3 Å². The number of nitrogens with one attached hydrogen (secondary N) is 1. The average molecular weight is 421 g/mol. The van der Waals surface area contributed by atoms with Crippen LogP contribution in [0.1, 0.15) is 5.56 Å². The fourth-order valence-corrected chi connectivity index (χ4v) is 4.09. The number of amides is 1. The van der Waals surface area contributed by atoms with E-state index in [-0.39, 0.29) is 24.6 Å². The monoisotopic (exact) mass is 421 g/mol. The molecule has 0 radical (unpaired) electrons. The van der Waals surface area contributed by atoms with E-state index >= 15 is 0 Å². The standard InChI is InChI=1S/C22H19N3O4S/c1-29-17-9-5-6-15(12-17)13-25-21(27)20-18(10-11-30-20)24(22(25)28)14-19(26)23-16-7-3-2-4-8-16/h2-12H,13-14H2,1H3,(H,23,26). The number of methoxy groups -OCH3 is 1. The van der Waals surface area contributed by atoms with Gasteiger partial charge in [-0.3, -0.25) is 18.7 Å². The van der Waals surface area contributed by atoms with Crippen molar-refractivity contribution >= 4 is 33.1 Å². The minimum absolute atomic E-state index is 0.0863. The smallest absolute Gasteiger partial charge is 0.332 e. The van der Waals surface area contributed by atoms with Crippen LogP contribution in [0.3, 0.4) is 0 Å². The van der Waals surface area contributed by atoms with Crippen molar-refractivity contribution in [2.75, 3.05) is 12.4 Å². The predicted molar refractivity (Wildman–Crippen MR) is 118 cm³/mol. The second kappa shape index (κ2) is 8.38. The van der Waals surface area contributed by atoms with Crippen LogP contribution in [0.2, 0.25) is 0 Å². The largest absolute Gasteiger partial charge is 0.497 e. The van der Waals surface area contributed by atoms with Crippen molar-refractivity contribution in [3.63, 3.8) is 0 Å². The van der Waals surface area contributed by atoms with E-state index in [1.807, 2.05) is 24.3 Å². The molecule has 152 valence electrons. The predicted octanol–water partition coefficient (Wildman–Crippen LogP) is 2.92. The van der Waals surface area contributed by atoms with Gasteiger partial charge in [-0.2, -0.15) is 0 Å². The molecule has 0 unspecified atom stereocenters. The van der Waals surface area contributed by atoms with Crippen molar-refractivity contribution in [3.8, 4) is 5.75 Å². The van der Waals surface area contributed by atoms with Gasteiger partial charge in [0.2, 0.25) is 5.91 Å². The van der Waals surface area contributed by atoms with Crippen LogP contribution in [-0.4, -0.2) is 22.2 Å². The number of hydrogen-bond acceptors (Lipinski definition) is 5. The van der Waals surface area contributed by atoms with Gasteiger partial charge in [0.1, 0.15) is 17.0 Å². The summed E-state index contributed by atoms with van der Waals surface area (Å²) in [5.74, 6) is 0.294. The molecule has 1 N–H and O–H groups in total. The van der Waals surface area contributed by atoms with E-state index in [9.17, 15) is 14.4 Å². The maximum absolute atomic E-state index is 13.2. The van der Waals surface area contributed by atoms with Crippen LogP contribution in [0.15, 0.2) is 75.6 Å². The van der Waals surface area contributed by atoms with Crippen molar-refractivity contribution in [1.29, 1.82) is 0 Å². The van der Waals surface area contributed by atoms with Gasteiger partial charge in [0, 0.05) is 5.69 Å². The van der Waals surface area contributed by atoms with E-state index in [0.717, 1.165) is 10.1 Å². The molecule has 0 atom stereocenters. The molecular formula is C22H19N3O4S. The Labute approximate surface area is 175 Å². The molecule has 1 amide bonds. The first kappa shape index (κ1) is 19.7. The van der Waals surface area contributed by atoms with Gasteiger partial charge in [-0.1, -0.05) is 30.3 Å². The molecule has 0 saturated carbocycles. The lowest BCUT2D eigenvalue weighted by atomic mass is 10.2. The van der Waals surface area contributed by atoms with Crippen LogP contribution >= 0.6 is 11.3 Å². The van der Waals surface area contributed by atoms with Gasteiger partial charge in [0.15, 0.2) is 0 Å². The topological polar surface area (TPSA) is 82.3 Å². The van der Waals surface area contributed by atoms with Crippen molar-refractivity contribution < 1.29 is 9.53 Å². The van der Waals surface area contributed by atoms with Gasteiger partial charge in [0.05, 0.1) is 19.2 Å². The lowest BCUT2D eigenvalue weighted by Gasteiger charge is -2.13. The molecule has 0 aliphatic carbocycles. The summed E-state index contributed by atoms with van der Waals surface area (Å²) in [6.45, 7) is -0.109. The number of benzene rings is 2. The average Bonchev–Trinajstić information content (AvgIpc) is 3.25. The molecule has 2 aromatic carbocycles. The van der Waals surface area contributed by atoms with Gasteiger partial charge in [-0.15, -0.1) is 11.3 Å². The number of thiophene rings is 1. The summed E-state index contributed by atoms with van der Waals surface area (Å²) in [5, 5.41) is 4.52. The van der Waals surface area contributed by atoms with Crippen molar-refractivity contribution in [3.05, 3.63) is 92.4 Å². The molecule has 2 heterocycles. The number of ether oxygens (including phenoxy) is 1. The summed E-state index contributed by atoms with van der Waals surface area (Å²) in [7, 11) is 1.56. The molecule has 0 aliphatic heterocycles. The highest BCUT2D eigenvalue weighted by molar-refractivity contribution is 7.17. The first-order chi connectivity index (χ1) is 14.6. The van der Waals surface area contributed by atoms with Gasteiger partial charge in [0.25, 0.3) is 5.56 Å². The normalized spacial score (nSPS) is 10.8. The van der Waals surface area contributed by atoms with Crippen LogP contribution < -0.4 is 21.3 Å². The van der Waals surface area contributed by atoms with E-state index in [1.165, 1.54) is 15.9 Å². The Morgan fingerprint density at radius 1 is 1.03 bits per heavy atom. The quantitative estimate of drug-likeness (QED) is 0.519. The molecule has 0 bridgehead atoms. The van der Waals surface area contributed by atoms with Gasteiger partial charge >= 0.3 is 5.69 Å². The third kappa shape index (κ3) is 3.90. The molecule has 30 heavy (non-hydrogen) atoms. The molecule has 7 nitrogen and oxygen atoms in total. The lowest BCUT2D eigenvalue weighted by Crippen LogP contribution is -2.41. The summed E-state index contributed by atoms with van der Waals surface area (Å²) in [4.78, 5) is 38.7. The van der Waals surface area contributed by atoms with Crippen molar-refractivity contribution in [2.24, 2.45) is 0 Å². The van der Waals surface area contributed by atoms with Crippen LogP contribution in [0.4, 0.5) is 5.69 Å². The van der Waals surface area contributed by atoms with E-state index in [1.54, 1.807) is 48.9 Å². The number of nitrogens with zero attached hydrogens (tertiary/aromatic N) is 2. The fourth-order valence-electron chi connectivity index (χ4n) is 3.24. The van der Waals surface area contributed by atoms with E-state index in [4.69, 9.17) is 4.74 Å². The maximum atomic E-state index is 13.2. The molecule has 4 rings (SSSR count). The second-order valence-electron chi connectivity index (χ2n) is 6.66. The number of fused-ring (bicyclic) bond motifs is 1. The van der Waals surface area contributed by atoms with Crippen molar-refractivity contribution in [1.82, 2.24) is 9.13 Å². The zero-order valence-electron chi connectivity index (χ0n) is 16.2. The Morgan fingerprint density at radius 3 is 2.60 bits per heavy atom. The minimum Gasteiger partial charge on any atom is -0.497 e. The number of anilines is 1. The van der Waals surface area contributed by atoms with E-state index in [0.29, 0.717) is 21.7 Å². The molecule has 0 fully saturated rings. The Balaban J connectivity index is 1.72. The maximum Gasteiger partial charge on any atom is 0.332 e. The lowest BCUT2D eigenvalue weighted by molar-refractivity contribution is -0.116. The van der Waals surface area contributed by atoms with E-state index < -0.39 is 5.69 Å². The number of carbonyl (C=O) groups excluding carboxylic acids is 1. The highest BCUT2D eigenvalue weighted by atomic mass is 32.1. The second-order valence-corrected chi connectivity index (χ2v) is 7.58. The highest BCUT2D eigenvalue weighted by Crippen LogP contribution is 2.17. The molecule has 0 aliphatic rings. The first-order valence-electron chi connectivity index (χ1n) is 9.25. The van der Waals surface area contributed by atoms with Crippen LogP contribution in [-0.2, 0) is 17.9 Å². The molecule has 0 saturated heterocycles. The zero-order valence-corrected chi connectivity index (χ0v) is 17.0. The highest BCUT2D eigenvalue weighted by Gasteiger charge is 2.17.